The summed E-state index contributed by atoms with van der Waals surface area (Å²) in [5.74, 6) is 0.0744. The van der Waals surface area contributed by atoms with E-state index >= 15 is 0 Å². The van der Waals surface area contributed by atoms with Gasteiger partial charge in [0.15, 0.2) is 0 Å². The molecule has 1 unspecified atom stereocenters. The van der Waals surface area contributed by atoms with E-state index in [0.29, 0.717) is 13.2 Å². The van der Waals surface area contributed by atoms with Crippen LogP contribution >= 0.6 is 0 Å². The van der Waals surface area contributed by atoms with E-state index in [9.17, 15) is 4.79 Å². The normalized spacial score (nSPS) is 12.1. The van der Waals surface area contributed by atoms with Gasteiger partial charge in [0.25, 0.3) is 0 Å². The molecular weight excluding hydrogens is 218 g/mol. The monoisotopic (exact) mass is 237 g/mol. The van der Waals surface area contributed by atoms with E-state index in [1.165, 1.54) is 0 Å². The first-order valence-corrected chi connectivity index (χ1v) is 5.81. The highest BCUT2D eigenvalue weighted by atomic mass is 16.5. The van der Waals surface area contributed by atoms with E-state index in [2.05, 4.69) is 5.32 Å². The van der Waals surface area contributed by atoms with E-state index < -0.39 is 5.97 Å². The molecule has 2 N–H and O–H groups in total. The first kappa shape index (κ1) is 13.5. The molecule has 0 bridgehead atoms. The van der Waals surface area contributed by atoms with Gasteiger partial charge in [-0.25, -0.2) is 0 Å². The van der Waals surface area contributed by atoms with Crippen molar-refractivity contribution in [1.29, 1.82) is 0 Å². The van der Waals surface area contributed by atoms with E-state index in [1.807, 2.05) is 38.1 Å². The molecule has 4 nitrogen and oxygen atoms in total. The first-order valence-electron chi connectivity index (χ1n) is 5.81. The quantitative estimate of drug-likeness (QED) is 0.763. The van der Waals surface area contributed by atoms with Crippen molar-refractivity contribution in [2.24, 2.45) is 0 Å². The molecule has 0 aliphatic heterocycles. The molecule has 0 aliphatic rings. The van der Waals surface area contributed by atoms with Gasteiger partial charge in [0.1, 0.15) is 5.75 Å². The Labute approximate surface area is 102 Å². The largest absolute Gasteiger partial charge is 0.494 e. The maximum atomic E-state index is 10.4. The summed E-state index contributed by atoms with van der Waals surface area (Å²) in [7, 11) is 0. The minimum atomic E-state index is -0.781. The van der Waals surface area contributed by atoms with Crippen molar-refractivity contribution in [2.75, 3.05) is 13.2 Å². The van der Waals surface area contributed by atoms with E-state index in [1.54, 1.807) is 0 Å². The average Bonchev–Trinajstić information content (AvgIpc) is 2.30. The SMILES string of the molecule is CCOc1ccc(C(C)NCCC(=O)O)cc1. The fraction of sp³-hybridized carbons (Fsp3) is 0.462. The smallest absolute Gasteiger partial charge is 0.304 e. The highest BCUT2D eigenvalue weighted by molar-refractivity contribution is 5.66. The lowest BCUT2D eigenvalue weighted by molar-refractivity contribution is -0.136. The molecule has 1 atom stereocenters. The average molecular weight is 237 g/mol. The van der Waals surface area contributed by atoms with Crippen molar-refractivity contribution in [1.82, 2.24) is 5.32 Å². The Balaban J connectivity index is 2.45. The highest BCUT2D eigenvalue weighted by Gasteiger charge is 2.05. The van der Waals surface area contributed by atoms with Crippen LogP contribution in [0.3, 0.4) is 0 Å². The van der Waals surface area contributed by atoms with Crippen molar-refractivity contribution in [2.45, 2.75) is 26.3 Å². The molecule has 4 heteroatoms. The third kappa shape index (κ3) is 4.87. The second kappa shape index (κ2) is 6.91. The van der Waals surface area contributed by atoms with Crippen LogP contribution < -0.4 is 10.1 Å². The number of hydrogen-bond donors (Lipinski definition) is 2. The summed E-state index contributed by atoms with van der Waals surface area (Å²) in [6.07, 6.45) is 0.140. The summed E-state index contributed by atoms with van der Waals surface area (Å²) in [4.78, 5) is 10.4. The van der Waals surface area contributed by atoms with Crippen molar-refractivity contribution in [3.8, 4) is 5.75 Å². The molecule has 0 amide bonds. The van der Waals surface area contributed by atoms with Crippen LogP contribution in [0.25, 0.3) is 0 Å². The molecule has 1 aromatic carbocycles. The van der Waals surface area contributed by atoms with Gasteiger partial charge in [0.2, 0.25) is 0 Å². The fourth-order valence-corrected chi connectivity index (χ4v) is 1.53. The number of rotatable bonds is 7. The van der Waals surface area contributed by atoms with Crippen LogP contribution in [-0.2, 0) is 4.79 Å². The molecule has 0 radical (unpaired) electrons. The third-order valence-corrected chi connectivity index (χ3v) is 2.48. The fourth-order valence-electron chi connectivity index (χ4n) is 1.53. The summed E-state index contributed by atoms with van der Waals surface area (Å²) >= 11 is 0. The summed E-state index contributed by atoms with van der Waals surface area (Å²) in [6.45, 7) is 5.09. The lowest BCUT2D eigenvalue weighted by Gasteiger charge is -2.14. The van der Waals surface area contributed by atoms with Gasteiger partial charge in [-0.05, 0) is 31.5 Å². The zero-order chi connectivity index (χ0) is 12.7. The Morgan fingerprint density at radius 2 is 2.06 bits per heavy atom. The molecule has 0 spiro atoms. The van der Waals surface area contributed by atoms with Crippen LogP contribution in [-0.4, -0.2) is 24.2 Å². The lowest BCUT2D eigenvalue weighted by atomic mass is 10.1. The predicted molar refractivity (Wildman–Crippen MR) is 66.3 cm³/mol. The van der Waals surface area contributed by atoms with Gasteiger partial charge in [-0.3, -0.25) is 4.79 Å². The maximum absolute atomic E-state index is 10.4. The standard InChI is InChI=1S/C13H19NO3/c1-3-17-12-6-4-11(5-7-12)10(2)14-9-8-13(15)16/h4-7,10,14H,3,8-9H2,1-2H3,(H,15,16). The van der Waals surface area contributed by atoms with Gasteiger partial charge >= 0.3 is 5.97 Å². The molecule has 0 saturated carbocycles. The van der Waals surface area contributed by atoms with Crippen LogP contribution in [0.5, 0.6) is 5.75 Å². The predicted octanol–water partition coefficient (Wildman–Crippen LogP) is 2.21. The van der Waals surface area contributed by atoms with Gasteiger partial charge < -0.3 is 15.2 Å². The Hall–Kier alpha value is -1.55. The molecule has 1 rings (SSSR count). The summed E-state index contributed by atoms with van der Waals surface area (Å²) < 4.78 is 5.36. The minimum absolute atomic E-state index is 0.140. The maximum Gasteiger partial charge on any atom is 0.304 e. The molecule has 0 fully saturated rings. The van der Waals surface area contributed by atoms with Gasteiger partial charge in [-0.1, -0.05) is 12.1 Å². The van der Waals surface area contributed by atoms with Gasteiger partial charge in [0.05, 0.1) is 13.0 Å². The summed E-state index contributed by atoms with van der Waals surface area (Å²) in [5.41, 5.74) is 1.12. The molecule has 0 saturated heterocycles. The second-order valence-electron chi connectivity index (χ2n) is 3.82. The number of aliphatic carboxylic acids is 1. The van der Waals surface area contributed by atoms with E-state index in [0.717, 1.165) is 11.3 Å². The zero-order valence-corrected chi connectivity index (χ0v) is 10.3. The van der Waals surface area contributed by atoms with Crippen LogP contribution in [0.1, 0.15) is 31.9 Å². The van der Waals surface area contributed by atoms with Gasteiger partial charge in [0, 0.05) is 12.6 Å². The molecule has 0 heterocycles. The van der Waals surface area contributed by atoms with Gasteiger partial charge in [-0.2, -0.15) is 0 Å². The Morgan fingerprint density at radius 1 is 1.41 bits per heavy atom. The van der Waals surface area contributed by atoms with Crippen molar-refractivity contribution in [3.05, 3.63) is 29.8 Å². The molecule has 0 aromatic heterocycles. The zero-order valence-electron chi connectivity index (χ0n) is 10.3. The number of ether oxygens (including phenoxy) is 1. The second-order valence-corrected chi connectivity index (χ2v) is 3.82. The number of carbonyl (C=O) groups is 1. The molecule has 0 aliphatic carbocycles. The molecule has 1 aromatic rings. The minimum Gasteiger partial charge on any atom is -0.494 e. The van der Waals surface area contributed by atoms with Crippen molar-refractivity contribution in [3.63, 3.8) is 0 Å². The number of hydrogen-bond acceptors (Lipinski definition) is 3. The van der Waals surface area contributed by atoms with Gasteiger partial charge in [-0.15, -0.1) is 0 Å². The molecule has 94 valence electrons. The summed E-state index contributed by atoms with van der Waals surface area (Å²) in [5, 5.41) is 11.7. The topological polar surface area (TPSA) is 58.6 Å². The number of carboxylic acid groups (broad SMARTS) is 1. The van der Waals surface area contributed by atoms with Crippen LogP contribution in [0, 0.1) is 0 Å². The highest BCUT2D eigenvalue weighted by Crippen LogP contribution is 2.17. The Kier molecular flexibility index (Phi) is 5.49. The summed E-state index contributed by atoms with van der Waals surface area (Å²) in [6, 6.07) is 7.97. The Bertz CT molecular complexity index is 348. The number of nitrogens with one attached hydrogen (secondary N) is 1. The van der Waals surface area contributed by atoms with Crippen molar-refractivity contribution >= 4 is 5.97 Å². The number of benzene rings is 1. The van der Waals surface area contributed by atoms with E-state index in [-0.39, 0.29) is 12.5 Å². The van der Waals surface area contributed by atoms with Crippen LogP contribution in [0.15, 0.2) is 24.3 Å². The Morgan fingerprint density at radius 3 is 2.59 bits per heavy atom. The first-order chi connectivity index (χ1) is 8.13. The third-order valence-electron chi connectivity index (χ3n) is 2.48. The van der Waals surface area contributed by atoms with Crippen LogP contribution in [0.4, 0.5) is 0 Å². The van der Waals surface area contributed by atoms with Crippen LogP contribution in [0.2, 0.25) is 0 Å². The molecular formula is C13H19NO3. The molecule has 17 heavy (non-hydrogen) atoms. The van der Waals surface area contributed by atoms with E-state index in [4.69, 9.17) is 9.84 Å². The lowest BCUT2D eigenvalue weighted by Crippen LogP contribution is -2.21. The number of carboxylic acids is 1. The van der Waals surface area contributed by atoms with Crippen molar-refractivity contribution < 1.29 is 14.6 Å².